The summed E-state index contributed by atoms with van der Waals surface area (Å²) in [7, 11) is 1.72. The Kier molecular flexibility index (Phi) is 6.74. The quantitative estimate of drug-likeness (QED) is 0.730. The van der Waals surface area contributed by atoms with E-state index in [4.69, 9.17) is 0 Å². The molecule has 1 aliphatic carbocycles. The van der Waals surface area contributed by atoms with Crippen LogP contribution < -0.4 is 5.32 Å². The third-order valence-corrected chi connectivity index (χ3v) is 7.30. The third-order valence-electron chi connectivity index (χ3n) is 7.30. The zero-order chi connectivity index (χ0) is 21.7. The van der Waals surface area contributed by atoms with Crippen molar-refractivity contribution in [2.45, 2.75) is 51.4 Å². The number of rotatable bonds is 6. The minimum atomic E-state index is -0.450. The summed E-state index contributed by atoms with van der Waals surface area (Å²) in [6, 6.07) is 18.9. The average Bonchev–Trinajstić information content (AvgIpc) is 3.32. The van der Waals surface area contributed by atoms with Crippen LogP contribution in [0, 0.1) is 11.3 Å². The summed E-state index contributed by atoms with van der Waals surface area (Å²) in [6.45, 7) is 1.36. The highest BCUT2D eigenvalue weighted by Gasteiger charge is 2.42. The third kappa shape index (κ3) is 5.00. The molecule has 2 aliphatic rings. The van der Waals surface area contributed by atoms with E-state index in [-0.39, 0.29) is 11.8 Å². The monoisotopic (exact) mass is 418 g/mol. The van der Waals surface area contributed by atoms with Gasteiger partial charge >= 0.3 is 0 Å². The predicted octanol–water partition coefficient (Wildman–Crippen LogP) is 4.83. The predicted molar refractivity (Wildman–Crippen MR) is 124 cm³/mol. The summed E-state index contributed by atoms with van der Waals surface area (Å²) in [5, 5.41) is 2.90. The Morgan fingerprint density at radius 1 is 0.968 bits per heavy atom. The number of hydrogen-bond donors (Lipinski definition) is 1. The number of likely N-dealkylation sites (tertiary alicyclic amines) is 1. The maximum Gasteiger partial charge on any atom is 0.226 e. The topological polar surface area (TPSA) is 49.4 Å². The second kappa shape index (κ2) is 9.67. The lowest BCUT2D eigenvalue weighted by atomic mass is 9.72. The molecule has 0 aromatic heterocycles. The van der Waals surface area contributed by atoms with Gasteiger partial charge in [-0.2, -0.15) is 0 Å². The van der Waals surface area contributed by atoms with E-state index >= 15 is 0 Å². The molecule has 4 rings (SSSR count). The van der Waals surface area contributed by atoms with Gasteiger partial charge < -0.3 is 10.2 Å². The molecular formula is C27H34N2O2. The van der Waals surface area contributed by atoms with Crippen LogP contribution >= 0.6 is 0 Å². The van der Waals surface area contributed by atoms with Crippen LogP contribution in [-0.4, -0.2) is 36.9 Å². The molecule has 1 saturated carbocycles. The average molecular weight is 419 g/mol. The van der Waals surface area contributed by atoms with Gasteiger partial charge in [-0.1, -0.05) is 67.4 Å². The Labute approximate surface area is 186 Å². The molecule has 1 saturated heterocycles. The molecular weight excluding hydrogens is 384 g/mol. The number of nitrogens with zero attached hydrogens (tertiary/aromatic N) is 1. The van der Waals surface area contributed by atoms with Gasteiger partial charge in [0, 0.05) is 26.6 Å². The zero-order valence-corrected chi connectivity index (χ0v) is 18.6. The second-order valence-corrected chi connectivity index (χ2v) is 9.34. The molecule has 2 aromatic rings. The molecule has 164 valence electrons. The van der Waals surface area contributed by atoms with Gasteiger partial charge in [0.2, 0.25) is 11.8 Å². The van der Waals surface area contributed by atoms with Crippen molar-refractivity contribution in [2.75, 3.05) is 20.1 Å². The van der Waals surface area contributed by atoms with Gasteiger partial charge in [-0.05, 0) is 54.7 Å². The smallest absolute Gasteiger partial charge is 0.226 e. The SMILES string of the molecule is CNC(=O)C1(Cc2cccc(-c3ccccc3)c2)CCN(C(=O)CC2CCCC2)CC1. The lowest BCUT2D eigenvalue weighted by molar-refractivity contribution is -0.140. The Morgan fingerprint density at radius 3 is 2.32 bits per heavy atom. The molecule has 0 unspecified atom stereocenters. The summed E-state index contributed by atoms with van der Waals surface area (Å²) in [5.41, 5.74) is 3.09. The first-order valence-electron chi connectivity index (χ1n) is 11.7. The van der Waals surface area contributed by atoms with Gasteiger partial charge in [0.05, 0.1) is 5.41 Å². The largest absolute Gasteiger partial charge is 0.359 e. The summed E-state index contributed by atoms with van der Waals surface area (Å²) >= 11 is 0. The Balaban J connectivity index is 1.46. The molecule has 2 aromatic carbocycles. The first-order valence-corrected chi connectivity index (χ1v) is 11.7. The number of piperidine rings is 1. The van der Waals surface area contributed by atoms with Crippen molar-refractivity contribution in [1.29, 1.82) is 0 Å². The number of carbonyl (C=O) groups excluding carboxylic acids is 2. The molecule has 1 aliphatic heterocycles. The van der Waals surface area contributed by atoms with E-state index in [1.54, 1.807) is 7.05 Å². The van der Waals surface area contributed by atoms with Crippen LogP contribution in [0.3, 0.4) is 0 Å². The molecule has 2 amide bonds. The van der Waals surface area contributed by atoms with Crippen molar-refractivity contribution in [3.8, 4) is 11.1 Å². The standard InChI is InChI=1S/C27H34N2O2/c1-28-26(31)27(14-16-29(17-15-27)25(30)19-21-8-5-6-9-21)20-22-10-7-13-24(18-22)23-11-3-2-4-12-23/h2-4,7,10-13,18,21H,5-6,8-9,14-17,19-20H2,1H3,(H,28,31). The van der Waals surface area contributed by atoms with Crippen LogP contribution in [0.15, 0.2) is 54.6 Å². The normalized spacial score (nSPS) is 18.7. The van der Waals surface area contributed by atoms with Gasteiger partial charge in [-0.15, -0.1) is 0 Å². The fraction of sp³-hybridized carbons (Fsp3) is 0.481. The number of nitrogens with one attached hydrogen (secondary N) is 1. The number of amides is 2. The zero-order valence-electron chi connectivity index (χ0n) is 18.6. The van der Waals surface area contributed by atoms with E-state index < -0.39 is 5.41 Å². The van der Waals surface area contributed by atoms with Crippen LogP contribution in [0.2, 0.25) is 0 Å². The van der Waals surface area contributed by atoms with E-state index in [1.807, 2.05) is 23.1 Å². The minimum Gasteiger partial charge on any atom is -0.359 e. The van der Waals surface area contributed by atoms with Crippen molar-refractivity contribution in [3.05, 3.63) is 60.2 Å². The maximum atomic E-state index is 13.0. The summed E-state index contributed by atoms with van der Waals surface area (Å²) in [6.07, 6.45) is 7.75. The maximum absolute atomic E-state index is 13.0. The summed E-state index contributed by atoms with van der Waals surface area (Å²) in [5.74, 6) is 0.947. The van der Waals surface area contributed by atoms with Crippen molar-refractivity contribution in [1.82, 2.24) is 10.2 Å². The molecule has 1 N–H and O–H groups in total. The lowest BCUT2D eigenvalue weighted by Gasteiger charge is -2.41. The van der Waals surface area contributed by atoms with Gasteiger partial charge in [0.25, 0.3) is 0 Å². The fourth-order valence-corrected chi connectivity index (χ4v) is 5.41. The van der Waals surface area contributed by atoms with E-state index in [0.29, 0.717) is 31.8 Å². The van der Waals surface area contributed by atoms with Crippen LogP contribution in [-0.2, 0) is 16.0 Å². The van der Waals surface area contributed by atoms with Gasteiger partial charge in [-0.3, -0.25) is 9.59 Å². The molecule has 1 heterocycles. The number of carbonyl (C=O) groups is 2. The lowest BCUT2D eigenvalue weighted by Crippen LogP contribution is -2.50. The summed E-state index contributed by atoms with van der Waals surface area (Å²) < 4.78 is 0. The molecule has 0 bridgehead atoms. The van der Waals surface area contributed by atoms with Crippen molar-refractivity contribution < 1.29 is 9.59 Å². The van der Waals surface area contributed by atoms with Gasteiger partial charge in [0.1, 0.15) is 0 Å². The molecule has 0 spiro atoms. The first kappa shape index (κ1) is 21.6. The van der Waals surface area contributed by atoms with Crippen LogP contribution in [0.25, 0.3) is 11.1 Å². The minimum absolute atomic E-state index is 0.0977. The highest BCUT2D eigenvalue weighted by atomic mass is 16.2. The molecule has 4 nitrogen and oxygen atoms in total. The van der Waals surface area contributed by atoms with Crippen molar-refractivity contribution >= 4 is 11.8 Å². The molecule has 31 heavy (non-hydrogen) atoms. The van der Waals surface area contributed by atoms with Crippen LogP contribution in [0.5, 0.6) is 0 Å². The molecule has 2 fully saturated rings. The number of benzene rings is 2. The Morgan fingerprint density at radius 2 is 1.65 bits per heavy atom. The van der Waals surface area contributed by atoms with E-state index in [9.17, 15) is 9.59 Å². The fourth-order valence-electron chi connectivity index (χ4n) is 5.41. The van der Waals surface area contributed by atoms with Crippen LogP contribution in [0.4, 0.5) is 0 Å². The van der Waals surface area contributed by atoms with Crippen molar-refractivity contribution in [2.24, 2.45) is 11.3 Å². The van der Waals surface area contributed by atoms with Gasteiger partial charge in [-0.25, -0.2) is 0 Å². The first-order chi connectivity index (χ1) is 15.1. The molecule has 0 radical (unpaired) electrons. The van der Waals surface area contributed by atoms with Crippen molar-refractivity contribution in [3.63, 3.8) is 0 Å². The van der Waals surface area contributed by atoms with Crippen LogP contribution in [0.1, 0.15) is 50.5 Å². The summed E-state index contributed by atoms with van der Waals surface area (Å²) in [4.78, 5) is 27.8. The highest BCUT2D eigenvalue weighted by molar-refractivity contribution is 5.83. The Bertz CT molecular complexity index is 894. The van der Waals surface area contributed by atoms with Gasteiger partial charge in [0.15, 0.2) is 0 Å². The molecule has 0 atom stereocenters. The van der Waals surface area contributed by atoms with E-state index in [1.165, 1.54) is 42.4 Å². The highest BCUT2D eigenvalue weighted by Crippen LogP contribution is 2.37. The Hall–Kier alpha value is -2.62. The van der Waals surface area contributed by atoms with E-state index in [0.717, 1.165) is 12.8 Å². The molecule has 4 heteroatoms. The second-order valence-electron chi connectivity index (χ2n) is 9.34. The number of hydrogen-bond acceptors (Lipinski definition) is 2. The van der Waals surface area contributed by atoms with E-state index in [2.05, 4.69) is 41.7 Å².